The molecule has 0 saturated carbocycles. The normalized spacial score (nSPS) is 13.1. The van der Waals surface area contributed by atoms with Crippen molar-refractivity contribution in [1.82, 2.24) is 9.71 Å². The number of carboxylic acids is 1. The van der Waals surface area contributed by atoms with Crippen LogP contribution in [0.15, 0.2) is 35.4 Å². The Labute approximate surface area is 135 Å². The van der Waals surface area contributed by atoms with Crippen LogP contribution in [0.5, 0.6) is 0 Å². The van der Waals surface area contributed by atoms with E-state index in [4.69, 9.17) is 0 Å². The predicted molar refractivity (Wildman–Crippen MR) is 87.8 cm³/mol. The molecule has 1 atom stereocenters. The summed E-state index contributed by atoms with van der Waals surface area (Å²) in [4.78, 5) is 15.5. The van der Waals surface area contributed by atoms with Gasteiger partial charge in [0.15, 0.2) is 0 Å². The lowest BCUT2D eigenvalue weighted by atomic mass is 10.1. The summed E-state index contributed by atoms with van der Waals surface area (Å²) in [5.41, 5.74) is 1.26. The zero-order chi connectivity index (χ0) is 17.0. The smallest absolute Gasteiger partial charge is 0.321 e. The number of benzene rings is 1. The van der Waals surface area contributed by atoms with E-state index in [1.807, 2.05) is 19.9 Å². The van der Waals surface area contributed by atoms with Crippen LogP contribution in [0, 0.1) is 6.92 Å². The first-order chi connectivity index (χ1) is 10.8. The third-order valence-electron chi connectivity index (χ3n) is 3.54. The molecule has 0 unspecified atom stereocenters. The van der Waals surface area contributed by atoms with E-state index in [-0.39, 0.29) is 11.3 Å². The maximum absolute atomic E-state index is 12.6. The minimum absolute atomic E-state index is 0.00208. The van der Waals surface area contributed by atoms with Gasteiger partial charge >= 0.3 is 5.97 Å². The second-order valence-electron chi connectivity index (χ2n) is 5.49. The van der Waals surface area contributed by atoms with Crippen LogP contribution >= 0.6 is 0 Å². The van der Waals surface area contributed by atoms with Gasteiger partial charge in [-0.1, -0.05) is 31.9 Å². The van der Waals surface area contributed by atoms with Crippen LogP contribution in [0.2, 0.25) is 0 Å². The van der Waals surface area contributed by atoms with Crippen LogP contribution in [-0.4, -0.2) is 30.5 Å². The molecule has 7 heteroatoms. The molecule has 6 nitrogen and oxygen atoms in total. The molecule has 2 aromatic rings. The van der Waals surface area contributed by atoms with E-state index in [1.54, 1.807) is 18.3 Å². The summed E-state index contributed by atoms with van der Waals surface area (Å²) in [6.07, 6.45) is 3.27. The van der Waals surface area contributed by atoms with E-state index in [9.17, 15) is 18.3 Å². The van der Waals surface area contributed by atoms with Crippen molar-refractivity contribution in [2.45, 2.75) is 44.0 Å². The molecule has 1 aromatic heterocycles. The lowest BCUT2D eigenvalue weighted by molar-refractivity contribution is -0.139. The van der Waals surface area contributed by atoms with Crippen LogP contribution in [-0.2, 0) is 14.8 Å². The van der Waals surface area contributed by atoms with Crippen molar-refractivity contribution in [2.24, 2.45) is 0 Å². The Morgan fingerprint density at radius 1 is 1.39 bits per heavy atom. The van der Waals surface area contributed by atoms with Crippen molar-refractivity contribution >= 4 is 26.9 Å². The molecule has 0 spiro atoms. The first-order valence-corrected chi connectivity index (χ1v) is 8.94. The largest absolute Gasteiger partial charge is 0.480 e. The van der Waals surface area contributed by atoms with E-state index in [0.717, 1.165) is 12.0 Å². The number of unbranched alkanes of at least 4 members (excludes halogenated alkanes) is 1. The third kappa shape index (κ3) is 4.05. The molecule has 1 aromatic carbocycles. The Balaban J connectivity index is 2.41. The van der Waals surface area contributed by atoms with Gasteiger partial charge in [-0.25, -0.2) is 8.42 Å². The van der Waals surface area contributed by atoms with Crippen LogP contribution < -0.4 is 4.72 Å². The number of nitrogens with one attached hydrogen (secondary N) is 1. The maximum Gasteiger partial charge on any atom is 0.321 e. The Bertz CT molecular complexity index is 818. The molecule has 0 aliphatic rings. The Morgan fingerprint density at radius 2 is 2.13 bits per heavy atom. The van der Waals surface area contributed by atoms with Crippen molar-refractivity contribution in [3.63, 3.8) is 0 Å². The highest BCUT2D eigenvalue weighted by Gasteiger charge is 2.26. The number of hydrogen-bond donors (Lipinski definition) is 2. The van der Waals surface area contributed by atoms with Gasteiger partial charge in [0.05, 0.1) is 5.52 Å². The number of pyridine rings is 1. The number of carbonyl (C=O) groups is 1. The zero-order valence-electron chi connectivity index (χ0n) is 13.1. The summed E-state index contributed by atoms with van der Waals surface area (Å²) in [5.74, 6) is -1.17. The van der Waals surface area contributed by atoms with Gasteiger partial charge in [-0.15, -0.1) is 0 Å². The van der Waals surface area contributed by atoms with Gasteiger partial charge in [-0.3, -0.25) is 9.78 Å². The second kappa shape index (κ2) is 7.06. The van der Waals surface area contributed by atoms with E-state index in [2.05, 4.69) is 9.71 Å². The van der Waals surface area contributed by atoms with Gasteiger partial charge in [0, 0.05) is 11.6 Å². The fraction of sp³-hybridized carbons (Fsp3) is 0.375. The SMILES string of the molecule is CCCC[C@H](NS(=O)(=O)c1cccc2cc(C)cnc12)C(=O)O. The van der Waals surface area contributed by atoms with E-state index >= 15 is 0 Å². The second-order valence-corrected chi connectivity index (χ2v) is 7.18. The van der Waals surface area contributed by atoms with Crippen molar-refractivity contribution in [3.8, 4) is 0 Å². The highest BCUT2D eigenvalue weighted by atomic mass is 32.2. The van der Waals surface area contributed by atoms with Crippen LogP contribution in [0.25, 0.3) is 10.9 Å². The van der Waals surface area contributed by atoms with Gasteiger partial charge in [0.2, 0.25) is 10.0 Å². The summed E-state index contributed by atoms with van der Waals surface area (Å²) >= 11 is 0. The van der Waals surface area contributed by atoms with Crippen molar-refractivity contribution in [1.29, 1.82) is 0 Å². The van der Waals surface area contributed by atoms with Gasteiger partial charge < -0.3 is 5.11 Å². The Hall–Kier alpha value is -1.99. The van der Waals surface area contributed by atoms with Crippen LogP contribution in [0.4, 0.5) is 0 Å². The number of aromatic nitrogens is 1. The number of aryl methyl sites for hydroxylation is 1. The number of fused-ring (bicyclic) bond motifs is 1. The minimum atomic E-state index is -3.97. The number of para-hydroxylation sites is 1. The van der Waals surface area contributed by atoms with Gasteiger partial charge in [-0.2, -0.15) is 4.72 Å². The quantitative estimate of drug-likeness (QED) is 0.809. The summed E-state index contributed by atoms with van der Waals surface area (Å²) in [6.45, 7) is 3.79. The fourth-order valence-electron chi connectivity index (χ4n) is 2.35. The average molecular weight is 336 g/mol. The molecule has 23 heavy (non-hydrogen) atoms. The zero-order valence-corrected chi connectivity index (χ0v) is 13.9. The molecule has 0 fully saturated rings. The lowest BCUT2D eigenvalue weighted by Crippen LogP contribution is -2.40. The molecule has 0 bridgehead atoms. The minimum Gasteiger partial charge on any atom is -0.480 e. The van der Waals surface area contributed by atoms with Gasteiger partial charge in [-0.05, 0) is 31.0 Å². The number of rotatable bonds is 7. The average Bonchev–Trinajstić information content (AvgIpc) is 2.50. The molecule has 124 valence electrons. The molecular formula is C16H20N2O4S. The third-order valence-corrected chi connectivity index (χ3v) is 5.05. The highest BCUT2D eigenvalue weighted by molar-refractivity contribution is 7.89. The lowest BCUT2D eigenvalue weighted by Gasteiger charge is -2.15. The predicted octanol–water partition coefficient (Wildman–Crippen LogP) is 2.46. The number of sulfonamides is 1. The Morgan fingerprint density at radius 3 is 2.78 bits per heavy atom. The number of hydrogen-bond acceptors (Lipinski definition) is 4. The summed E-state index contributed by atoms with van der Waals surface area (Å²) < 4.78 is 27.5. The van der Waals surface area contributed by atoms with E-state index in [0.29, 0.717) is 17.3 Å². The number of aliphatic carboxylic acids is 1. The van der Waals surface area contributed by atoms with Crippen molar-refractivity contribution < 1.29 is 18.3 Å². The molecular weight excluding hydrogens is 316 g/mol. The topological polar surface area (TPSA) is 96.4 Å². The fourth-order valence-corrected chi connectivity index (χ4v) is 3.75. The van der Waals surface area contributed by atoms with Crippen molar-refractivity contribution in [3.05, 3.63) is 36.0 Å². The summed E-state index contributed by atoms with van der Waals surface area (Å²) in [7, 11) is -3.97. The number of carboxylic acid groups (broad SMARTS) is 1. The molecule has 2 rings (SSSR count). The maximum atomic E-state index is 12.6. The first kappa shape index (κ1) is 17.4. The van der Waals surface area contributed by atoms with E-state index < -0.39 is 22.0 Å². The highest BCUT2D eigenvalue weighted by Crippen LogP contribution is 2.22. The Kier molecular flexibility index (Phi) is 5.33. The van der Waals surface area contributed by atoms with Gasteiger partial charge in [0.25, 0.3) is 0 Å². The standard InChI is InChI=1S/C16H20N2O4S/c1-3-4-7-13(16(19)20)18-23(21,22)14-8-5-6-12-9-11(2)10-17-15(12)14/h5-6,8-10,13,18H,3-4,7H2,1-2H3,(H,19,20)/t13-/m0/s1. The first-order valence-electron chi connectivity index (χ1n) is 7.45. The van der Waals surface area contributed by atoms with Crippen LogP contribution in [0.3, 0.4) is 0 Å². The molecule has 0 aliphatic carbocycles. The molecule has 0 aliphatic heterocycles. The molecule has 2 N–H and O–H groups in total. The molecule has 0 radical (unpaired) electrons. The van der Waals surface area contributed by atoms with E-state index in [1.165, 1.54) is 6.07 Å². The van der Waals surface area contributed by atoms with Crippen LogP contribution in [0.1, 0.15) is 31.7 Å². The monoisotopic (exact) mass is 336 g/mol. The van der Waals surface area contributed by atoms with Crippen molar-refractivity contribution in [2.75, 3.05) is 0 Å². The van der Waals surface area contributed by atoms with Gasteiger partial charge in [0.1, 0.15) is 10.9 Å². The molecule has 0 saturated heterocycles. The summed E-state index contributed by atoms with van der Waals surface area (Å²) in [6, 6.07) is 5.54. The molecule has 1 heterocycles. The summed E-state index contributed by atoms with van der Waals surface area (Å²) in [5, 5.41) is 9.92. The number of nitrogens with zero attached hydrogens (tertiary/aromatic N) is 1. The molecule has 0 amide bonds.